The summed E-state index contributed by atoms with van der Waals surface area (Å²) in [6.07, 6.45) is -3.18. The Bertz CT molecular complexity index is 2490. The predicted molar refractivity (Wildman–Crippen MR) is 252 cm³/mol. The van der Waals surface area contributed by atoms with Crippen molar-refractivity contribution < 1.29 is 90.4 Å². The Kier molecular flexibility index (Phi) is 17.0. The second-order valence-corrected chi connectivity index (χ2v) is 17.9. The van der Waals surface area contributed by atoms with Crippen molar-refractivity contribution in [3.8, 4) is 11.5 Å². The van der Waals surface area contributed by atoms with Crippen molar-refractivity contribution in [3.63, 3.8) is 0 Å². The van der Waals surface area contributed by atoms with Gasteiger partial charge in [-0.3, -0.25) is 38.6 Å². The maximum absolute atomic E-state index is 13.7. The van der Waals surface area contributed by atoms with E-state index in [0.717, 1.165) is 0 Å². The van der Waals surface area contributed by atoms with E-state index >= 15 is 0 Å². The van der Waals surface area contributed by atoms with Crippen LogP contribution in [-0.2, 0) is 28.8 Å². The highest BCUT2D eigenvalue weighted by atomic mass is 35.5. The van der Waals surface area contributed by atoms with Crippen molar-refractivity contribution in [1.29, 1.82) is 0 Å². The highest BCUT2D eigenvalue weighted by molar-refractivity contribution is 6.26. The normalized spacial score (nSPS) is 31.7. The van der Waals surface area contributed by atoms with Crippen LogP contribution >= 0.6 is 24.8 Å². The summed E-state index contributed by atoms with van der Waals surface area (Å²) in [4.78, 5) is 79.9. The third kappa shape index (κ3) is 8.01. The zero-order valence-electron chi connectivity index (χ0n) is 38.7. The van der Waals surface area contributed by atoms with Crippen LogP contribution < -0.4 is 11.5 Å². The molecule has 0 heterocycles. The molecule has 24 heteroatoms. The van der Waals surface area contributed by atoms with E-state index in [1.165, 1.54) is 50.1 Å². The Morgan fingerprint density at radius 1 is 0.614 bits per heavy atom. The number of phenols is 2. The molecule has 0 bridgehead atoms. The Hall–Kier alpha value is -5.92. The number of hydrogen-bond donors (Lipinski definition) is 13. The number of phenolic OH excluding ortho intramolecular Hbond substituents is 2. The smallest absolute Gasteiger partial charge is 0.255 e. The first kappa shape index (κ1) is 58.4. The minimum absolute atomic E-state index is 0. The fourth-order valence-electron chi connectivity index (χ4n) is 11.2. The lowest BCUT2D eigenvalue weighted by atomic mass is 9.54. The van der Waals surface area contributed by atoms with Crippen LogP contribution in [0.15, 0.2) is 70.2 Å². The lowest BCUT2D eigenvalue weighted by Gasteiger charge is -2.53. The van der Waals surface area contributed by atoms with Crippen molar-refractivity contribution in [3.05, 3.63) is 92.5 Å². The number of hydrogen-bond acceptors (Lipinski definition) is 19. The Morgan fingerprint density at radius 3 is 1.16 bits per heavy atom. The lowest BCUT2D eigenvalue weighted by molar-refractivity contribution is -0.170. The van der Waals surface area contributed by atoms with Gasteiger partial charge in [0.05, 0.1) is 47.3 Å². The number of aliphatic hydroxyl groups is 9. The fraction of sp³-hybridized carbons (Fsp3) is 0.435. The summed E-state index contributed by atoms with van der Waals surface area (Å²) in [6.45, 7) is 5.28. The maximum atomic E-state index is 13.7. The van der Waals surface area contributed by atoms with Crippen LogP contribution in [0.5, 0.6) is 11.5 Å². The molecule has 12 atom stereocenters. The maximum Gasteiger partial charge on any atom is 0.255 e. The van der Waals surface area contributed by atoms with Gasteiger partial charge in [0.25, 0.3) is 11.8 Å². The monoisotopic (exact) mass is 1020 g/mol. The molecule has 0 unspecified atom stereocenters. The average Bonchev–Trinajstić information content (AvgIpc) is 3.23. The molecule has 2 fully saturated rings. The summed E-state index contributed by atoms with van der Waals surface area (Å²) in [5.41, 5.74) is 2.94. The zero-order valence-corrected chi connectivity index (χ0v) is 40.3. The van der Waals surface area contributed by atoms with Crippen LogP contribution in [0.2, 0.25) is 0 Å². The predicted octanol–water partition coefficient (Wildman–Crippen LogP) is -0.991. The van der Waals surface area contributed by atoms with Gasteiger partial charge in [-0.25, -0.2) is 0 Å². The van der Waals surface area contributed by atoms with E-state index in [0.29, 0.717) is 11.1 Å². The van der Waals surface area contributed by atoms with Crippen molar-refractivity contribution >= 4 is 71.3 Å². The van der Waals surface area contributed by atoms with Gasteiger partial charge in [-0.15, -0.1) is 24.8 Å². The highest BCUT2D eigenvalue weighted by Gasteiger charge is 2.70. The molecule has 0 aliphatic heterocycles. The number of fused-ring (bicyclic) bond motifs is 6. The Morgan fingerprint density at radius 2 is 0.900 bits per heavy atom. The molecule has 2 aromatic carbocycles. The van der Waals surface area contributed by atoms with Crippen molar-refractivity contribution in [1.82, 2.24) is 9.80 Å². The van der Waals surface area contributed by atoms with Crippen LogP contribution in [0.1, 0.15) is 54.9 Å². The van der Waals surface area contributed by atoms with Gasteiger partial charge in [0.2, 0.25) is 11.6 Å². The lowest BCUT2D eigenvalue weighted by Crippen LogP contribution is -2.70. The molecule has 384 valence electrons. The number of likely N-dealkylation sites (N-methyl/N-ethyl adjacent to an activating group) is 2. The van der Waals surface area contributed by atoms with Gasteiger partial charge in [0, 0.05) is 29.6 Å². The van der Waals surface area contributed by atoms with Gasteiger partial charge < -0.3 is 73.1 Å². The van der Waals surface area contributed by atoms with E-state index in [1.807, 2.05) is 0 Å². The quantitative estimate of drug-likeness (QED) is 0.164. The summed E-state index contributed by atoms with van der Waals surface area (Å²) in [7, 11) is 5.84. The molecular weight excluding hydrogens is 967 g/mol. The van der Waals surface area contributed by atoms with Crippen molar-refractivity contribution in [2.24, 2.45) is 35.1 Å². The first-order valence-corrected chi connectivity index (χ1v) is 21.1. The van der Waals surface area contributed by atoms with Gasteiger partial charge in [-0.2, -0.15) is 0 Å². The Balaban J connectivity index is 0.000000337. The number of halogens is 2. The summed E-state index contributed by atoms with van der Waals surface area (Å²) in [6, 6.07) is 6.26. The standard InChI is InChI=1S/2C22H24N2O8.C2H6O.2ClH.H2O/c2*1-7-8-5-4-6-9(25)11(8)16(26)12-10(7)17(27)14-15(24(2)3)18(28)13(21(23)31)20(30)22(14,32)19(12)29;1-2-3;;;/h2*4-7,10,14-15,17,25-27,30,32H,1-3H3,(H2,23,31);3H,2H2,1H3;2*1H;1H2/t7-,10+,14+,15-,17-,22+;7-,10+,14+,15-,17-,22-;;;;/m00..../s1. The van der Waals surface area contributed by atoms with E-state index in [9.17, 15) is 79.8 Å². The topological polar surface area (TPSA) is 415 Å². The number of aromatic hydroxyl groups is 2. The summed E-state index contributed by atoms with van der Waals surface area (Å²) in [5.74, 6) is -17.7. The molecule has 2 amide bonds. The minimum Gasteiger partial charge on any atom is -0.508 e. The molecule has 8 rings (SSSR count). The van der Waals surface area contributed by atoms with Crippen LogP contribution in [0.3, 0.4) is 0 Å². The van der Waals surface area contributed by atoms with E-state index in [-0.39, 0.29) is 59.5 Å². The number of carbonyl (C=O) groups is 6. The average molecular weight is 1030 g/mol. The third-order valence-corrected chi connectivity index (χ3v) is 14.0. The van der Waals surface area contributed by atoms with Gasteiger partial charge >= 0.3 is 0 Å². The van der Waals surface area contributed by atoms with Crippen molar-refractivity contribution in [2.75, 3.05) is 34.8 Å². The van der Waals surface area contributed by atoms with Gasteiger partial charge in [-0.05, 0) is 70.2 Å². The number of carbonyl (C=O) groups excluding carboxylic acids is 6. The highest BCUT2D eigenvalue weighted by Crippen LogP contribution is 2.58. The molecule has 0 radical (unpaired) electrons. The largest absolute Gasteiger partial charge is 0.508 e. The number of Topliss-reactive ketones (excluding diaryl/α,β-unsaturated/α-hetero) is 4. The second-order valence-electron chi connectivity index (χ2n) is 17.9. The first-order valence-electron chi connectivity index (χ1n) is 21.1. The fourth-order valence-corrected chi connectivity index (χ4v) is 11.2. The molecular formula is C46H58Cl2N4O18. The number of amides is 2. The number of ketones is 4. The van der Waals surface area contributed by atoms with Crippen molar-refractivity contribution in [2.45, 2.75) is 68.1 Å². The van der Waals surface area contributed by atoms with E-state index < -0.39 is 151 Å². The van der Waals surface area contributed by atoms with Gasteiger partial charge in [0.15, 0.2) is 22.8 Å². The third-order valence-electron chi connectivity index (χ3n) is 14.0. The van der Waals surface area contributed by atoms with E-state index in [4.69, 9.17) is 16.6 Å². The first-order chi connectivity index (χ1) is 31.1. The van der Waals surface area contributed by atoms with Gasteiger partial charge in [-0.1, -0.05) is 38.1 Å². The van der Waals surface area contributed by atoms with Gasteiger partial charge in [0.1, 0.15) is 45.7 Å². The van der Waals surface area contributed by atoms with Crippen LogP contribution in [0.4, 0.5) is 0 Å². The number of benzene rings is 2. The Labute approximate surface area is 412 Å². The summed E-state index contributed by atoms with van der Waals surface area (Å²) >= 11 is 0. The summed E-state index contributed by atoms with van der Waals surface area (Å²) < 4.78 is 0. The number of nitrogens with zero attached hydrogens (tertiary/aromatic N) is 2. The molecule has 22 nitrogen and oxygen atoms in total. The zero-order chi connectivity index (χ0) is 50.4. The molecule has 17 N–H and O–H groups in total. The summed E-state index contributed by atoms with van der Waals surface area (Å²) in [5, 5.41) is 117. The number of aliphatic hydroxyl groups excluding tert-OH is 7. The molecule has 0 aromatic heterocycles. The van der Waals surface area contributed by atoms with E-state index in [1.54, 1.807) is 45.0 Å². The SMILES string of the molecule is CCO.C[C@H]1c2cccc(O)c2C(O)=C2C(=O)[C@@]3(O)C(O)=C(C(N)=O)C(=O)[C@@H](N(C)C)[C@@H]3[C@@H](O)[C@@H]21.C[C@H]1c2cccc(O)c2C(O)=C2C(=O)[C@]3(O)C(O)=C(C(N)=O)C(=O)[C@@H](N(C)C)[C@@H]3[C@@H](O)[C@@H]21.Cl.Cl.O. The van der Waals surface area contributed by atoms with E-state index in [2.05, 4.69) is 0 Å². The molecule has 2 saturated carbocycles. The molecule has 6 aliphatic carbocycles. The van der Waals surface area contributed by atoms with Crippen LogP contribution in [0, 0.1) is 23.7 Å². The molecule has 70 heavy (non-hydrogen) atoms. The molecule has 6 aliphatic rings. The molecule has 0 saturated heterocycles. The number of nitrogens with two attached hydrogens (primary N) is 2. The second kappa shape index (κ2) is 20.4. The van der Waals surface area contributed by atoms with Crippen LogP contribution in [-0.4, -0.2) is 177 Å². The number of rotatable bonds is 4. The van der Waals surface area contributed by atoms with Crippen LogP contribution in [0.25, 0.3) is 11.5 Å². The minimum atomic E-state index is -2.89. The molecule has 2 aromatic rings. The number of primary amides is 2. The molecule has 0 spiro atoms.